The highest BCUT2D eigenvalue weighted by Gasteiger charge is 2.34. The molecular weight excluding hydrogens is 310 g/mol. The second-order valence-corrected chi connectivity index (χ2v) is 7.19. The lowest BCUT2D eigenvalue weighted by Gasteiger charge is -2.33. The van der Waals surface area contributed by atoms with E-state index in [0.29, 0.717) is 5.56 Å². The van der Waals surface area contributed by atoms with Gasteiger partial charge < -0.3 is 14.7 Å². The van der Waals surface area contributed by atoms with Gasteiger partial charge in [-0.3, -0.25) is 4.79 Å². The van der Waals surface area contributed by atoms with E-state index in [1.807, 2.05) is 0 Å². The first-order valence-electron chi connectivity index (χ1n) is 6.64. The Hall–Kier alpha value is -1.93. The fraction of sp³-hybridized carbons (Fsp3) is 0.429. The van der Waals surface area contributed by atoms with Gasteiger partial charge in [-0.05, 0) is 24.6 Å². The highest BCUT2D eigenvalue weighted by Crippen LogP contribution is 2.20. The van der Waals surface area contributed by atoms with Crippen molar-refractivity contribution in [1.82, 2.24) is 4.90 Å². The molecule has 1 aliphatic rings. The van der Waals surface area contributed by atoms with Crippen molar-refractivity contribution in [1.29, 1.82) is 0 Å². The van der Waals surface area contributed by atoms with Crippen LogP contribution >= 0.6 is 0 Å². The first-order chi connectivity index (χ1) is 10.2. The standard InChI is InChI=1S/C14H17NO6S/c1-9-3-4-10(22(2,19)20)7-11(9)13(16)15-5-6-21-8-12(15)14(17)18/h3-4,7,12H,5-6,8H2,1-2H3,(H,17,18)/t12-/m1/s1. The molecule has 22 heavy (non-hydrogen) atoms. The van der Waals surface area contributed by atoms with Crippen LogP contribution in [0.25, 0.3) is 0 Å². The third kappa shape index (κ3) is 3.28. The Kier molecular flexibility index (Phi) is 4.52. The number of hydrogen-bond acceptors (Lipinski definition) is 5. The van der Waals surface area contributed by atoms with Crippen LogP contribution in [-0.4, -0.2) is 62.4 Å². The van der Waals surface area contributed by atoms with E-state index in [1.165, 1.54) is 17.0 Å². The number of carboxylic acids is 1. The molecule has 0 aromatic heterocycles. The Labute approximate surface area is 128 Å². The number of carboxylic acid groups (broad SMARTS) is 1. The minimum Gasteiger partial charge on any atom is -0.480 e. The maximum atomic E-state index is 12.6. The zero-order chi connectivity index (χ0) is 16.5. The molecule has 1 aromatic rings. The molecule has 8 heteroatoms. The fourth-order valence-electron chi connectivity index (χ4n) is 2.27. The molecule has 2 rings (SSSR count). The lowest BCUT2D eigenvalue weighted by Crippen LogP contribution is -2.52. The van der Waals surface area contributed by atoms with Crippen LogP contribution in [0.4, 0.5) is 0 Å². The zero-order valence-corrected chi connectivity index (χ0v) is 13.1. The van der Waals surface area contributed by atoms with E-state index in [-0.39, 0.29) is 30.2 Å². The second-order valence-electron chi connectivity index (χ2n) is 5.18. The highest BCUT2D eigenvalue weighted by molar-refractivity contribution is 7.90. The third-order valence-corrected chi connectivity index (χ3v) is 4.65. The van der Waals surface area contributed by atoms with Crippen LogP contribution in [-0.2, 0) is 19.4 Å². The summed E-state index contributed by atoms with van der Waals surface area (Å²) in [5.41, 5.74) is 0.782. The summed E-state index contributed by atoms with van der Waals surface area (Å²) in [5, 5.41) is 9.19. The Balaban J connectivity index is 2.42. The van der Waals surface area contributed by atoms with Gasteiger partial charge in [-0.15, -0.1) is 0 Å². The Morgan fingerprint density at radius 2 is 2.05 bits per heavy atom. The van der Waals surface area contributed by atoms with Gasteiger partial charge in [-0.2, -0.15) is 0 Å². The average Bonchev–Trinajstić information content (AvgIpc) is 2.45. The molecule has 1 heterocycles. The molecule has 7 nitrogen and oxygen atoms in total. The predicted octanol–water partition coefficient (Wildman–Crippen LogP) is 0.324. The molecule has 1 N–H and O–H groups in total. The molecule has 0 aliphatic carbocycles. The minimum atomic E-state index is -3.45. The first-order valence-corrected chi connectivity index (χ1v) is 8.53. The van der Waals surface area contributed by atoms with Gasteiger partial charge in [0.2, 0.25) is 0 Å². The van der Waals surface area contributed by atoms with Crippen LogP contribution in [0.1, 0.15) is 15.9 Å². The maximum Gasteiger partial charge on any atom is 0.328 e. The summed E-state index contributed by atoms with van der Waals surface area (Å²) in [4.78, 5) is 25.1. The molecule has 1 saturated heterocycles. The van der Waals surface area contributed by atoms with Gasteiger partial charge in [0.05, 0.1) is 18.1 Å². The van der Waals surface area contributed by atoms with Gasteiger partial charge in [0, 0.05) is 18.4 Å². The molecular formula is C14H17NO6S. The summed E-state index contributed by atoms with van der Waals surface area (Å²) >= 11 is 0. The molecule has 0 radical (unpaired) electrons. The van der Waals surface area contributed by atoms with Gasteiger partial charge in [0.25, 0.3) is 5.91 Å². The van der Waals surface area contributed by atoms with Crippen molar-refractivity contribution < 1.29 is 27.9 Å². The number of benzene rings is 1. The number of aryl methyl sites for hydroxylation is 1. The molecule has 0 bridgehead atoms. The van der Waals surface area contributed by atoms with Crippen molar-refractivity contribution in [2.75, 3.05) is 26.0 Å². The summed E-state index contributed by atoms with van der Waals surface area (Å²) in [6.45, 7) is 2.00. The first kappa shape index (κ1) is 16.4. The molecule has 1 atom stereocenters. The maximum absolute atomic E-state index is 12.6. The number of aliphatic carboxylic acids is 1. The smallest absolute Gasteiger partial charge is 0.328 e. The number of amides is 1. The number of sulfone groups is 1. The highest BCUT2D eigenvalue weighted by atomic mass is 32.2. The summed E-state index contributed by atoms with van der Waals surface area (Å²) in [7, 11) is -3.45. The van der Waals surface area contributed by atoms with Crippen molar-refractivity contribution in [2.24, 2.45) is 0 Å². The van der Waals surface area contributed by atoms with E-state index in [0.717, 1.165) is 6.26 Å². The second kappa shape index (κ2) is 6.05. The van der Waals surface area contributed by atoms with E-state index in [4.69, 9.17) is 4.74 Å². The number of carbonyl (C=O) groups is 2. The van der Waals surface area contributed by atoms with Crippen LogP contribution in [0, 0.1) is 6.92 Å². The van der Waals surface area contributed by atoms with Crippen molar-refractivity contribution in [3.05, 3.63) is 29.3 Å². The molecule has 120 valence electrons. The van der Waals surface area contributed by atoms with Crippen LogP contribution in [0.5, 0.6) is 0 Å². The van der Waals surface area contributed by atoms with Crippen molar-refractivity contribution >= 4 is 21.7 Å². The summed E-state index contributed by atoms with van der Waals surface area (Å²) in [6.07, 6.45) is 1.06. The minimum absolute atomic E-state index is 0.0292. The van der Waals surface area contributed by atoms with Gasteiger partial charge in [-0.1, -0.05) is 6.07 Å². The van der Waals surface area contributed by atoms with Crippen molar-refractivity contribution in [2.45, 2.75) is 17.9 Å². The zero-order valence-electron chi connectivity index (χ0n) is 12.3. The Morgan fingerprint density at radius 1 is 1.36 bits per heavy atom. The number of morpholine rings is 1. The predicted molar refractivity (Wildman–Crippen MR) is 77.6 cm³/mol. The SMILES string of the molecule is Cc1ccc(S(C)(=O)=O)cc1C(=O)N1CCOC[C@@H]1C(=O)O. The van der Waals surface area contributed by atoms with Crippen LogP contribution in [0.15, 0.2) is 23.1 Å². The monoisotopic (exact) mass is 327 g/mol. The van der Waals surface area contributed by atoms with Crippen molar-refractivity contribution in [3.63, 3.8) is 0 Å². The van der Waals surface area contributed by atoms with Crippen LogP contribution in [0.3, 0.4) is 0 Å². The molecule has 1 amide bonds. The van der Waals surface area contributed by atoms with E-state index >= 15 is 0 Å². The van der Waals surface area contributed by atoms with Crippen molar-refractivity contribution in [3.8, 4) is 0 Å². The largest absolute Gasteiger partial charge is 0.480 e. The number of carbonyl (C=O) groups excluding carboxylic acids is 1. The number of hydrogen-bond donors (Lipinski definition) is 1. The third-order valence-electron chi connectivity index (χ3n) is 3.54. The molecule has 0 unspecified atom stereocenters. The quantitative estimate of drug-likeness (QED) is 0.858. The van der Waals surface area contributed by atoms with Gasteiger partial charge >= 0.3 is 5.97 Å². The van der Waals surface area contributed by atoms with E-state index in [2.05, 4.69) is 0 Å². The lowest BCUT2D eigenvalue weighted by atomic mass is 10.1. The molecule has 1 fully saturated rings. The summed E-state index contributed by atoms with van der Waals surface area (Å²) in [6, 6.07) is 3.19. The number of nitrogens with zero attached hydrogens (tertiary/aromatic N) is 1. The molecule has 1 aliphatic heterocycles. The molecule has 1 aromatic carbocycles. The van der Waals surface area contributed by atoms with Gasteiger partial charge in [-0.25, -0.2) is 13.2 Å². The van der Waals surface area contributed by atoms with Crippen LogP contribution in [0.2, 0.25) is 0 Å². The lowest BCUT2D eigenvalue weighted by molar-refractivity contribution is -0.147. The van der Waals surface area contributed by atoms with Gasteiger partial charge in [0.15, 0.2) is 15.9 Å². The number of rotatable bonds is 3. The number of ether oxygens (including phenoxy) is 1. The average molecular weight is 327 g/mol. The Morgan fingerprint density at radius 3 is 2.64 bits per heavy atom. The summed E-state index contributed by atoms with van der Waals surface area (Å²) in [5.74, 6) is -1.65. The molecule has 0 spiro atoms. The van der Waals surface area contributed by atoms with E-state index < -0.39 is 27.8 Å². The normalized spacial score (nSPS) is 19.0. The van der Waals surface area contributed by atoms with E-state index in [9.17, 15) is 23.1 Å². The topological polar surface area (TPSA) is 101 Å². The fourth-order valence-corrected chi connectivity index (χ4v) is 2.92. The van der Waals surface area contributed by atoms with Crippen LogP contribution < -0.4 is 0 Å². The molecule has 0 saturated carbocycles. The van der Waals surface area contributed by atoms with E-state index in [1.54, 1.807) is 13.0 Å². The Bertz CT molecular complexity index is 712. The van der Waals surface area contributed by atoms with Gasteiger partial charge in [0.1, 0.15) is 0 Å². The summed E-state index contributed by atoms with van der Waals surface area (Å²) < 4.78 is 28.4.